The summed E-state index contributed by atoms with van der Waals surface area (Å²) in [5.74, 6) is 0.777. The van der Waals surface area contributed by atoms with Crippen LogP contribution in [0.25, 0.3) is 0 Å². The van der Waals surface area contributed by atoms with E-state index in [1.54, 1.807) is 0 Å². The van der Waals surface area contributed by atoms with Crippen molar-refractivity contribution in [2.75, 3.05) is 0 Å². The first-order valence-corrected chi connectivity index (χ1v) is 6.14. The highest BCUT2D eigenvalue weighted by atomic mass is 16.1. The molecule has 3 N–H and O–H groups in total. The zero-order valence-electron chi connectivity index (χ0n) is 9.96. The normalized spacial score (nSPS) is 22.1. The third-order valence-corrected chi connectivity index (χ3v) is 3.25. The molecule has 15 heavy (non-hydrogen) atoms. The van der Waals surface area contributed by atoms with Gasteiger partial charge in [0.2, 0.25) is 5.91 Å². The first kappa shape index (κ1) is 12.5. The number of rotatable bonds is 4. The predicted molar refractivity (Wildman–Crippen MR) is 62.4 cm³/mol. The van der Waals surface area contributed by atoms with E-state index >= 15 is 0 Å². The van der Waals surface area contributed by atoms with E-state index < -0.39 is 0 Å². The summed E-state index contributed by atoms with van der Waals surface area (Å²) in [7, 11) is 0. The lowest BCUT2D eigenvalue weighted by Gasteiger charge is -2.28. The Balaban J connectivity index is 2.27. The van der Waals surface area contributed by atoms with E-state index in [0.717, 1.165) is 0 Å². The maximum absolute atomic E-state index is 11.5. The Morgan fingerprint density at radius 2 is 1.93 bits per heavy atom. The van der Waals surface area contributed by atoms with E-state index in [1.165, 1.54) is 32.1 Å². The largest absolute Gasteiger partial charge is 0.353 e. The number of nitrogens with one attached hydrogen (secondary N) is 1. The van der Waals surface area contributed by atoms with Gasteiger partial charge in [-0.05, 0) is 32.6 Å². The van der Waals surface area contributed by atoms with Crippen molar-refractivity contribution in [3.63, 3.8) is 0 Å². The predicted octanol–water partition coefficient (Wildman–Crippen LogP) is 1.81. The maximum Gasteiger partial charge on any atom is 0.221 e. The van der Waals surface area contributed by atoms with E-state index in [4.69, 9.17) is 5.73 Å². The fourth-order valence-corrected chi connectivity index (χ4v) is 2.36. The first-order chi connectivity index (χ1) is 7.09. The number of carbonyl (C=O) groups excluding carboxylic acids is 1. The molecule has 0 aromatic heterocycles. The molecule has 0 radical (unpaired) electrons. The quantitative estimate of drug-likeness (QED) is 0.746. The molecule has 0 bridgehead atoms. The zero-order valence-corrected chi connectivity index (χ0v) is 9.96. The van der Waals surface area contributed by atoms with Crippen molar-refractivity contribution in [2.45, 2.75) is 64.5 Å². The standard InChI is InChI=1S/C12H24N2O/c1-9(13)8-12(15)14-10(2)11-6-4-3-5-7-11/h9-11H,3-8,13H2,1-2H3,(H,14,15)/t9?,10-/m1/s1. The van der Waals surface area contributed by atoms with E-state index in [9.17, 15) is 4.79 Å². The lowest BCUT2D eigenvalue weighted by Crippen LogP contribution is -2.40. The molecule has 0 saturated heterocycles. The highest BCUT2D eigenvalue weighted by molar-refractivity contribution is 5.76. The summed E-state index contributed by atoms with van der Waals surface area (Å²) < 4.78 is 0. The zero-order chi connectivity index (χ0) is 11.3. The molecular formula is C12H24N2O. The minimum atomic E-state index is -0.0384. The van der Waals surface area contributed by atoms with Crippen LogP contribution in [0.4, 0.5) is 0 Å². The van der Waals surface area contributed by atoms with Gasteiger partial charge in [0.1, 0.15) is 0 Å². The van der Waals surface area contributed by atoms with Gasteiger partial charge in [0.05, 0.1) is 0 Å². The second-order valence-corrected chi connectivity index (χ2v) is 4.94. The smallest absolute Gasteiger partial charge is 0.221 e. The molecule has 0 aromatic rings. The van der Waals surface area contributed by atoms with E-state index in [0.29, 0.717) is 18.4 Å². The van der Waals surface area contributed by atoms with E-state index in [1.807, 2.05) is 6.92 Å². The second-order valence-electron chi connectivity index (χ2n) is 4.94. The van der Waals surface area contributed by atoms with Gasteiger partial charge >= 0.3 is 0 Å². The van der Waals surface area contributed by atoms with Crippen LogP contribution in [0.2, 0.25) is 0 Å². The average molecular weight is 212 g/mol. The summed E-state index contributed by atoms with van der Waals surface area (Å²) in [6, 6.07) is 0.278. The maximum atomic E-state index is 11.5. The molecule has 1 rings (SSSR count). The van der Waals surface area contributed by atoms with Crippen molar-refractivity contribution in [2.24, 2.45) is 11.7 Å². The minimum Gasteiger partial charge on any atom is -0.353 e. The highest BCUT2D eigenvalue weighted by Gasteiger charge is 2.21. The van der Waals surface area contributed by atoms with Crippen LogP contribution in [-0.2, 0) is 4.79 Å². The molecule has 0 spiro atoms. The van der Waals surface area contributed by atoms with Crippen LogP contribution in [0, 0.1) is 5.92 Å². The number of nitrogens with two attached hydrogens (primary N) is 1. The Bertz CT molecular complexity index is 198. The lowest BCUT2D eigenvalue weighted by molar-refractivity contribution is -0.122. The third kappa shape index (κ3) is 4.65. The molecule has 1 aliphatic rings. The van der Waals surface area contributed by atoms with Crippen LogP contribution < -0.4 is 11.1 Å². The first-order valence-electron chi connectivity index (χ1n) is 6.14. The van der Waals surface area contributed by atoms with Crippen molar-refractivity contribution in [3.05, 3.63) is 0 Å². The van der Waals surface area contributed by atoms with Crippen molar-refractivity contribution in [3.8, 4) is 0 Å². The van der Waals surface area contributed by atoms with Gasteiger partial charge in [-0.3, -0.25) is 4.79 Å². The van der Waals surface area contributed by atoms with Gasteiger partial charge in [0, 0.05) is 18.5 Å². The molecule has 0 heterocycles. The molecule has 0 aliphatic heterocycles. The fraction of sp³-hybridized carbons (Fsp3) is 0.917. The van der Waals surface area contributed by atoms with Crippen molar-refractivity contribution in [1.29, 1.82) is 0 Å². The molecule has 3 heteroatoms. The van der Waals surface area contributed by atoms with Crippen LogP contribution in [0.5, 0.6) is 0 Å². The SMILES string of the molecule is CC(N)CC(=O)N[C@H](C)C1CCCCC1. The molecular weight excluding hydrogens is 188 g/mol. The van der Waals surface area contributed by atoms with Gasteiger partial charge in [0.25, 0.3) is 0 Å². The van der Waals surface area contributed by atoms with Crippen LogP contribution in [-0.4, -0.2) is 18.0 Å². The number of hydrogen-bond acceptors (Lipinski definition) is 2. The van der Waals surface area contributed by atoms with E-state index in [-0.39, 0.29) is 11.9 Å². The van der Waals surface area contributed by atoms with Gasteiger partial charge in [0.15, 0.2) is 0 Å². The van der Waals surface area contributed by atoms with Gasteiger partial charge in [-0.2, -0.15) is 0 Å². The number of amides is 1. The molecule has 1 saturated carbocycles. The minimum absolute atomic E-state index is 0.0384. The molecule has 3 nitrogen and oxygen atoms in total. The summed E-state index contributed by atoms with van der Waals surface area (Å²) in [6.45, 7) is 3.99. The van der Waals surface area contributed by atoms with E-state index in [2.05, 4.69) is 12.2 Å². The van der Waals surface area contributed by atoms with Gasteiger partial charge in [-0.25, -0.2) is 0 Å². The number of hydrogen-bond donors (Lipinski definition) is 2. The summed E-state index contributed by atoms with van der Waals surface area (Å²) in [6.07, 6.45) is 6.96. The highest BCUT2D eigenvalue weighted by Crippen LogP contribution is 2.26. The molecule has 0 aromatic carbocycles. The molecule has 1 amide bonds. The fourth-order valence-electron chi connectivity index (χ4n) is 2.36. The van der Waals surface area contributed by atoms with Crippen LogP contribution in [0.3, 0.4) is 0 Å². The molecule has 1 fully saturated rings. The van der Waals surface area contributed by atoms with Gasteiger partial charge in [-0.1, -0.05) is 19.3 Å². The summed E-state index contributed by atoms with van der Waals surface area (Å²) >= 11 is 0. The van der Waals surface area contributed by atoms with Crippen LogP contribution in [0.1, 0.15) is 52.4 Å². The Kier molecular flexibility index (Phi) is 5.09. The topological polar surface area (TPSA) is 55.1 Å². The summed E-state index contributed by atoms with van der Waals surface area (Å²) in [5.41, 5.74) is 5.59. The van der Waals surface area contributed by atoms with Gasteiger partial charge in [-0.15, -0.1) is 0 Å². The Hall–Kier alpha value is -0.570. The Morgan fingerprint density at radius 3 is 2.47 bits per heavy atom. The van der Waals surface area contributed by atoms with Gasteiger partial charge < -0.3 is 11.1 Å². The van der Waals surface area contributed by atoms with Crippen molar-refractivity contribution >= 4 is 5.91 Å². The van der Waals surface area contributed by atoms with Crippen molar-refractivity contribution in [1.82, 2.24) is 5.32 Å². The third-order valence-electron chi connectivity index (χ3n) is 3.25. The molecule has 88 valence electrons. The molecule has 1 unspecified atom stereocenters. The van der Waals surface area contributed by atoms with Crippen LogP contribution in [0.15, 0.2) is 0 Å². The average Bonchev–Trinajstić information content (AvgIpc) is 2.17. The monoisotopic (exact) mass is 212 g/mol. The van der Waals surface area contributed by atoms with Crippen LogP contribution >= 0.6 is 0 Å². The van der Waals surface area contributed by atoms with Crippen molar-refractivity contribution < 1.29 is 4.79 Å². The Labute approximate surface area is 92.8 Å². The molecule has 2 atom stereocenters. The number of carbonyl (C=O) groups is 1. The second kappa shape index (κ2) is 6.11. The Morgan fingerprint density at radius 1 is 1.33 bits per heavy atom. The molecule has 1 aliphatic carbocycles. The lowest BCUT2D eigenvalue weighted by atomic mass is 9.84. The summed E-state index contributed by atoms with van der Waals surface area (Å²) in [4.78, 5) is 11.5. The summed E-state index contributed by atoms with van der Waals surface area (Å²) in [5, 5.41) is 3.06.